The van der Waals surface area contributed by atoms with Crippen LogP contribution in [0.4, 0.5) is 10.5 Å². The second-order valence-corrected chi connectivity index (χ2v) is 6.19. The van der Waals surface area contributed by atoms with Crippen LogP contribution in [0.3, 0.4) is 0 Å². The summed E-state index contributed by atoms with van der Waals surface area (Å²) in [5.74, 6) is 0. The smallest absolute Gasteiger partial charge is 0.411 e. The van der Waals surface area contributed by atoms with Gasteiger partial charge < -0.3 is 10.5 Å². The number of carbonyl (C=O) groups is 1. The Bertz CT molecular complexity index is 513. The Labute approximate surface area is 136 Å². The second kappa shape index (κ2) is 8.80. The van der Waals surface area contributed by atoms with Crippen LogP contribution in [0.5, 0.6) is 0 Å². The highest BCUT2D eigenvalue weighted by atomic mass is 32.2. The molecule has 6 heteroatoms. The van der Waals surface area contributed by atoms with Crippen molar-refractivity contribution in [2.75, 3.05) is 11.6 Å². The van der Waals surface area contributed by atoms with E-state index in [0.717, 1.165) is 10.6 Å². The molecule has 0 aliphatic carbocycles. The molecule has 0 saturated heterocycles. The molecule has 0 saturated carbocycles. The fourth-order valence-electron chi connectivity index (χ4n) is 1.61. The number of hydrogen-bond acceptors (Lipinski definition) is 5. The average Bonchev–Trinajstić information content (AvgIpc) is 2.44. The number of ether oxygens (including phenoxy) is 1. The monoisotopic (exact) mass is 323 g/mol. The van der Waals surface area contributed by atoms with E-state index in [0.29, 0.717) is 5.69 Å². The zero-order valence-corrected chi connectivity index (χ0v) is 14.6. The largest absolute Gasteiger partial charge is 0.447 e. The van der Waals surface area contributed by atoms with E-state index >= 15 is 0 Å². The lowest BCUT2D eigenvalue weighted by molar-refractivity contribution is 0.130. The van der Waals surface area contributed by atoms with Crippen molar-refractivity contribution in [3.8, 4) is 0 Å². The lowest BCUT2D eigenvalue weighted by Crippen LogP contribution is -2.28. The number of rotatable bonds is 5. The Kier molecular flexibility index (Phi) is 7.41. The molecule has 2 atom stereocenters. The second-order valence-electron chi connectivity index (χ2n) is 5.39. The standard InChI is InChI=1S/C16H25N3O2S/c1-10(2)21-16(20)19-14-8-6-13(7-9-14)15(22-5)18-12(4)11(3)17/h6-12H,17H2,1-5H3,(H,19,20). The summed E-state index contributed by atoms with van der Waals surface area (Å²) in [5.41, 5.74) is 7.55. The quantitative estimate of drug-likeness (QED) is 0.642. The van der Waals surface area contributed by atoms with Crippen LogP contribution in [0.25, 0.3) is 0 Å². The van der Waals surface area contributed by atoms with Gasteiger partial charge in [-0.25, -0.2) is 4.79 Å². The van der Waals surface area contributed by atoms with E-state index in [1.165, 1.54) is 0 Å². The number of benzene rings is 1. The first kappa shape index (κ1) is 18.5. The minimum atomic E-state index is -0.452. The highest BCUT2D eigenvalue weighted by Crippen LogP contribution is 2.17. The topological polar surface area (TPSA) is 76.7 Å². The Hall–Kier alpha value is -1.53. The Morgan fingerprint density at radius 3 is 2.27 bits per heavy atom. The molecule has 1 rings (SSSR count). The third-order valence-corrected chi connectivity index (χ3v) is 3.72. The van der Waals surface area contributed by atoms with Gasteiger partial charge in [-0.15, -0.1) is 11.8 Å². The predicted octanol–water partition coefficient (Wildman–Crippen LogP) is 3.49. The Morgan fingerprint density at radius 1 is 1.23 bits per heavy atom. The van der Waals surface area contributed by atoms with Crippen LogP contribution in [0.15, 0.2) is 29.3 Å². The van der Waals surface area contributed by atoms with Crippen LogP contribution in [0.2, 0.25) is 0 Å². The molecule has 0 aliphatic heterocycles. The molecule has 1 aromatic carbocycles. The van der Waals surface area contributed by atoms with E-state index in [1.54, 1.807) is 11.8 Å². The van der Waals surface area contributed by atoms with E-state index < -0.39 is 6.09 Å². The molecule has 2 unspecified atom stereocenters. The molecule has 0 bridgehead atoms. The van der Waals surface area contributed by atoms with E-state index in [-0.39, 0.29) is 18.2 Å². The summed E-state index contributed by atoms with van der Waals surface area (Å²) >= 11 is 1.58. The third kappa shape index (κ3) is 6.07. The van der Waals surface area contributed by atoms with Gasteiger partial charge in [0, 0.05) is 17.3 Å². The van der Waals surface area contributed by atoms with Gasteiger partial charge >= 0.3 is 6.09 Å². The molecule has 5 nitrogen and oxygen atoms in total. The summed E-state index contributed by atoms with van der Waals surface area (Å²) in [6, 6.07) is 7.58. The summed E-state index contributed by atoms with van der Waals surface area (Å²) in [4.78, 5) is 16.2. The van der Waals surface area contributed by atoms with Crippen LogP contribution in [0, 0.1) is 0 Å². The summed E-state index contributed by atoms with van der Waals surface area (Å²) < 4.78 is 5.04. The molecule has 0 heterocycles. The Morgan fingerprint density at radius 2 is 1.82 bits per heavy atom. The first-order valence-electron chi connectivity index (χ1n) is 7.29. The van der Waals surface area contributed by atoms with E-state index in [9.17, 15) is 4.79 Å². The number of nitrogens with two attached hydrogens (primary N) is 1. The van der Waals surface area contributed by atoms with Crippen LogP contribution in [0.1, 0.15) is 33.3 Å². The minimum Gasteiger partial charge on any atom is -0.447 e. The maximum absolute atomic E-state index is 11.5. The number of hydrogen-bond donors (Lipinski definition) is 2. The van der Waals surface area contributed by atoms with Gasteiger partial charge in [-0.2, -0.15) is 0 Å². The Balaban J connectivity index is 2.80. The van der Waals surface area contributed by atoms with Gasteiger partial charge in [0.1, 0.15) is 0 Å². The first-order valence-corrected chi connectivity index (χ1v) is 8.51. The molecule has 0 radical (unpaired) electrons. The van der Waals surface area contributed by atoms with Crippen molar-refractivity contribution in [2.24, 2.45) is 10.7 Å². The molecule has 22 heavy (non-hydrogen) atoms. The highest BCUT2D eigenvalue weighted by Gasteiger charge is 2.10. The summed E-state index contributed by atoms with van der Waals surface area (Å²) in [6.45, 7) is 7.56. The number of amides is 1. The summed E-state index contributed by atoms with van der Waals surface area (Å²) in [5, 5.41) is 3.62. The molecular weight excluding hydrogens is 298 g/mol. The van der Waals surface area contributed by atoms with Crippen LogP contribution >= 0.6 is 11.8 Å². The number of nitrogens with one attached hydrogen (secondary N) is 1. The van der Waals surface area contributed by atoms with Gasteiger partial charge in [0.2, 0.25) is 0 Å². The first-order chi connectivity index (χ1) is 10.3. The van der Waals surface area contributed by atoms with Gasteiger partial charge in [-0.1, -0.05) is 12.1 Å². The lowest BCUT2D eigenvalue weighted by Gasteiger charge is -2.13. The van der Waals surface area contributed by atoms with Crippen molar-refractivity contribution >= 4 is 28.6 Å². The van der Waals surface area contributed by atoms with Crippen molar-refractivity contribution in [3.63, 3.8) is 0 Å². The zero-order valence-electron chi connectivity index (χ0n) is 13.8. The maximum atomic E-state index is 11.5. The SMILES string of the molecule is CSC(=NC(C)C(C)N)c1ccc(NC(=O)OC(C)C)cc1. The van der Waals surface area contributed by atoms with Crippen LogP contribution in [-0.4, -0.2) is 35.6 Å². The molecule has 3 N–H and O–H groups in total. The number of nitrogens with zero attached hydrogens (tertiary/aromatic N) is 1. The molecule has 1 aromatic rings. The predicted molar refractivity (Wildman–Crippen MR) is 94.8 cm³/mol. The van der Waals surface area contributed by atoms with Crippen LogP contribution in [-0.2, 0) is 4.74 Å². The van der Waals surface area contributed by atoms with Crippen molar-refractivity contribution in [3.05, 3.63) is 29.8 Å². The van der Waals surface area contributed by atoms with E-state index in [4.69, 9.17) is 10.5 Å². The fourth-order valence-corrected chi connectivity index (χ4v) is 2.25. The molecule has 1 amide bonds. The van der Waals surface area contributed by atoms with Gasteiger partial charge in [0.15, 0.2) is 0 Å². The summed E-state index contributed by atoms with van der Waals surface area (Å²) in [6.07, 6.45) is 1.39. The molecular formula is C16H25N3O2S. The van der Waals surface area contributed by atoms with Crippen LogP contribution < -0.4 is 11.1 Å². The fraction of sp³-hybridized carbons (Fsp3) is 0.500. The number of thioether (sulfide) groups is 1. The normalized spacial score (nSPS) is 14.6. The van der Waals surface area contributed by atoms with Crippen molar-refractivity contribution in [2.45, 2.75) is 45.9 Å². The zero-order chi connectivity index (χ0) is 16.7. The lowest BCUT2D eigenvalue weighted by atomic mass is 10.2. The number of carbonyl (C=O) groups excluding carboxylic acids is 1. The van der Waals surface area contributed by atoms with E-state index in [1.807, 2.05) is 58.2 Å². The number of aliphatic imine (C=N–C) groups is 1. The highest BCUT2D eigenvalue weighted by molar-refractivity contribution is 8.13. The van der Waals surface area contributed by atoms with Gasteiger partial charge in [-0.05, 0) is 46.1 Å². The molecule has 0 spiro atoms. The summed E-state index contributed by atoms with van der Waals surface area (Å²) in [7, 11) is 0. The molecule has 122 valence electrons. The van der Waals surface area contributed by atoms with Gasteiger partial charge in [0.25, 0.3) is 0 Å². The van der Waals surface area contributed by atoms with Crippen molar-refractivity contribution in [1.29, 1.82) is 0 Å². The van der Waals surface area contributed by atoms with Crippen molar-refractivity contribution < 1.29 is 9.53 Å². The molecule has 0 fully saturated rings. The molecule has 0 aliphatic rings. The van der Waals surface area contributed by atoms with Crippen molar-refractivity contribution in [1.82, 2.24) is 0 Å². The van der Waals surface area contributed by atoms with Gasteiger partial charge in [0.05, 0.1) is 17.2 Å². The minimum absolute atomic E-state index is 0.00823. The molecule has 0 aromatic heterocycles. The maximum Gasteiger partial charge on any atom is 0.411 e. The average molecular weight is 323 g/mol. The third-order valence-electron chi connectivity index (χ3n) is 3.00. The van der Waals surface area contributed by atoms with E-state index in [2.05, 4.69) is 10.3 Å². The number of anilines is 1. The van der Waals surface area contributed by atoms with Gasteiger partial charge in [-0.3, -0.25) is 10.3 Å².